The Morgan fingerprint density at radius 1 is 1.22 bits per heavy atom. The Labute approximate surface area is 164 Å². The van der Waals surface area contributed by atoms with Gasteiger partial charge < -0.3 is 16.4 Å². The second-order valence-corrected chi connectivity index (χ2v) is 7.78. The second kappa shape index (κ2) is 7.84. The summed E-state index contributed by atoms with van der Waals surface area (Å²) in [4.78, 5) is 21.4. The number of aromatic nitrogens is 2. The smallest absolute Gasteiger partial charge is 0.220 e. The normalized spacial score (nSPS) is 16.1. The summed E-state index contributed by atoms with van der Waals surface area (Å²) >= 11 is 5.56. The Morgan fingerprint density at radius 2 is 1.96 bits per heavy atom. The predicted molar refractivity (Wildman–Crippen MR) is 111 cm³/mol. The maximum atomic E-state index is 12.8. The zero-order valence-corrected chi connectivity index (χ0v) is 16.3. The molecule has 1 aliphatic rings. The number of nitrogens with zero attached hydrogens (tertiary/aromatic N) is 2. The van der Waals surface area contributed by atoms with Gasteiger partial charge >= 0.3 is 0 Å². The Bertz CT molecular complexity index is 892. The molecule has 0 spiro atoms. The molecule has 1 aliphatic carbocycles. The van der Waals surface area contributed by atoms with E-state index < -0.39 is 0 Å². The zero-order valence-electron chi connectivity index (χ0n) is 15.5. The van der Waals surface area contributed by atoms with Gasteiger partial charge in [-0.1, -0.05) is 44.3 Å². The molecule has 0 unspecified atom stereocenters. The molecule has 0 saturated carbocycles. The molecule has 1 aromatic carbocycles. The maximum absolute atomic E-state index is 12.8. The van der Waals surface area contributed by atoms with E-state index in [1.54, 1.807) is 12.3 Å². The van der Waals surface area contributed by atoms with Crippen LogP contribution in [-0.4, -0.2) is 20.7 Å². The largest absolute Gasteiger partial charge is 0.382 e. The summed E-state index contributed by atoms with van der Waals surface area (Å²) in [5.74, 6) is 0.272. The number of hydrogen-bond acceptors (Lipinski definition) is 6. The first-order valence-corrected chi connectivity index (χ1v) is 9.19. The number of nitrogen functional groups attached to an aromatic ring is 1. The van der Waals surface area contributed by atoms with Crippen molar-refractivity contribution < 1.29 is 4.79 Å². The Hall–Kier alpha value is -2.80. The van der Waals surface area contributed by atoms with Crippen molar-refractivity contribution in [1.29, 1.82) is 0 Å². The molecule has 27 heavy (non-hydrogen) atoms. The van der Waals surface area contributed by atoms with Gasteiger partial charge in [0.05, 0.1) is 17.8 Å². The lowest BCUT2D eigenvalue weighted by Crippen LogP contribution is -2.35. The van der Waals surface area contributed by atoms with Gasteiger partial charge in [-0.25, -0.2) is 9.97 Å². The first kappa shape index (κ1) is 19.0. The van der Waals surface area contributed by atoms with E-state index in [1.807, 2.05) is 30.3 Å². The third kappa shape index (κ3) is 4.89. The van der Waals surface area contributed by atoms with E-state index in [4.69, 9.17) is 18.0 Å². The number of benzene rings is 1. The maximum Gasteiger partial charge on any atom is 0.220 e. The summed E-state index contributed by atoms with van der Waals surface area (Å²) < 4.78 is 0. The fourth-order valence-electron chi connectivity index (χ4n) is 3.16. The van der Waals surface area contributed by atoms with E-state index in [2.05, 4.69) is 34.4 Å². The average molecular weight is 382 g/mol. The van der Waals surface area contributed by atoms with Crippen LogP contribution >= 0.6 is 12.2 Å². The number of allylic oxidation sites excluding steroid dienone is 1. The summed E-state index contributed by atoms with van der Waals surface area (Å²) in [5.41, 5.74) is 8.52. The van der Waals surface area contributed by atoms with Crippen LogP contribution < -0.4 is 16.4 Å². The molecule has 6 nitrogen and oxygen atoms in total. The summed E-state index contributed by atoms with van der Waals surface area (Å²) in [5, 5.41) is 6.53. The molecule has 0 atom stereocenters. The number of rotatable bonds is 5. The van der Waals surface area contributed by atoms with E-state index in [1.165, 1.54) is 0 Å². The topological polar surface area (TPSA) is 92.9 Å². The molecule has 0 bridgehead atoms. The van der Waals surface area contributed by atoms with Crippen LogP contribution in [0.25, 0.3) is 0 Å². The van der Waals surface area contributed by atoms with Crippen molar-refractivity contribution in [3.05, 3.63) is 59.6 Å². The van der Waals surface area contributed by atoms with Crippen LogP contribution in [-0.2, 0) is 11.3 Å². The lowest BCUT2D eigenvalue weighted by atomic mass is 9.75. The van der Waals surface area contributed by atoms with Crippen LogP contribution in [0.2, 0.25) is 0 Å². The number of ketones is 1. The average Bonchev–Trinajstić information content (AvgIpc) is 2.59. The quantitative estimate of drug-likeness (QED) is 0.685. The van der Waals surface area contributed by atoms with Crippen molar-refractivity contribution in [1.82, 2.24) is 15.3 Å². The van der Waals surface area contributed by atoms with Gasteiger partial charge in [0.15, 0.2) is 5.78 Å². The fourth-order valence-corrected chi connectivity index (χ4v) is 3.51. The van der Waals surface area contributed by atoms with E-state index in [-0.39, 0.29) is 17.1 Å². The molecule has 0 aliphatic heterocycles. The second-order valence-electron chi connectivity index (χ2n) is 7.37. The molecular weight excluding hydrogens is 358 g/mol. The Kier molecular flexibility index (Phi) is 5.51. The van der Waals surface area contributed by atoms with Crippen LogP contribution in [0, 0.1) is 5.41 Å². The summed E-state index contributed by atoms with van der Waals surface area (Å²) in [6.45, 7) is 4.61. The number of nitrogens with two attached hydrogens (primary N) is 1. The van der Waals surface area contributed by atoms with E-state index in [0.717, 1.165) is 23.5 Å². The highest BCUT2D eigenvalue weighted by Gasteiger charge is 2.34. The van der Waals surface area contributed by atoms with Crippen molar-refractivity contribution in [3.63, 3.8) is 0 Å². The third-order valence-electron chi connectivity index (χ3n) is 4.35. The molecule has 140 valence electrons. The first-order valence-electron chi connectivity index (χ1n) is 8.78. The number of Topliss-reactive ketones (excluding diaryl/α,β-unsaturated/α-hetero) is 1. The number of carbonyl (C=O) groups is 1. The lowest BCUT2D eigenvalue weighted by molar-refractivity contribution is -0.117. The van der Waals surface area contributed by atoms with E-state index in [0.29, 0.717) is 23.5 Å². The van der Waals surface area contributed by atoms with Crippen LogP contribution in [0.15, 0.2) is 53.9 Å². The number of carbonyl (C=O) groups excluding carboxylic acids is 1. The van der Waals surface area contributed by atoms with Crippen molar-refractivity contribution in [3.8, 4) is 0 Å². The van der Waals surface area contributed by atoms with Gasteiger partial charge in [-0.15, -0.1) is 0 Å². The minimum atomic E-state index is -0.129. The lowest BCUT2D eigenvalue weighted by Gasteiger charge is -2.33. The van der Waals surface area contributed by atoms with Gasteiger partial charge in [-0.3, -0.25) is 4.79 Å². The number of thiocarbonyl (C=S) groups is 1. The highest BCUT2D eigenvalue weighted by atomic mass is 32.1. The van der Waals surface area contributed by atoms with Gasteiger partial charge in [-0.05, 0) is 30.0 Å². The van der Waals surface area contributed by atoms with Crippen LogP contribution in [0.4, 0.5) is 11.6 Å². The first-order chi connectivity index (χ1) is 12.8. The molecule has 2 aromatic rings. The number of para-hydroxylation sites is 1. The van der Waals surface area contributed by atoms with Crippen molar-refractivity contribution in [2.24, 2.45) is 5.41 Å². The number of anilines is 2. The zero-order chi connectivity index (χ0) is 19.4. The highest BCUT2D eigenvalue weighted by molar-refractivity contribution is 7.81. The predicted octanol–water partition coefficient (Wildman–Crippen LogP) is 3.23. The van der Waals surface area contributed by atoms with Gasteiger partial charge in [0.25, 0.3) is 0 Å². The molecule has 0 amide bonds. The van der Waals surface area contributed by atoms with Crippen molar-refractivity contribution >= 4 is 34.6 Å². The summed E-state index contributed by atoms with van der Waals surface area (Å²) in [6.07, 6.45) is 2.81. The molecule has 3 rings (SSSR count). The fraction of sp³-hybridized carbons (Fsp3) is 0.300. The third-order valence-corrected chi connectivity index (χ3v) is 4.65. The molecule has 0 radical (unpaired) electrons. The Morgan fingerprint density at radius 3 is 2.67 bits per heavy atom. The van der Waals surface area contributed by atoms with Crippen LogP contribution in [0.3, 0.4) is 0 Å². The van der Waals surface area contributed by atoms with Gasteiger partial charge in [0, 0.05) is 24.0 Å². The molecular formula is C20H23N5OS. The monoisotopic (exact) mass is 381 g/mol. The highest BCUT2D eigenvalue weighted by Crippen LogP contribution is 2.36. The van der Waals surface area contributed by atoms with Gasteiger partial charge in [-0.2, -0.15) is 0 Å². The SMILES string of the molecule is CC1(C)CC(=O)C(C(=S)Nc2ccccc2)=C(NCc2ccnc(N)n2)C1. The molecule has 4 N–H and O–H groups in total. The molecule has 1 heterocycles. The number of nitrogens with one attached hydrogen (secondary N) is 2. The molecule has 7 heteroatoms. The number of hydrogen-bond donors (Lipinski definition) is 3. The summed E-state index contributed by atoms with van der Waals surface area (Å²) in [7, 11) is 0. The minimum Gasteiger partial charge on any atom is -0.382 e. The molecule has 0 saturated heterocycles. The standard InChI is InChI=1S/C20H23N5OS/c1-20(2)10-15(23-12-14-8-9-22-19(21)25-14)17(16(26)11-20)18(27)24-13-6-4-3-5-7-13/h3-9,23H,10-12H2,1-2H3,(H,24,27)(H2,21,22,25). The van der Waals surface area contributed by atoms with Crippen LogP contribution in [0.5, 0.6) is 0 Å². The molecule has 0 fully saturated rings. The molecule has 1 aromatic heterocycles. The van der Waals surface area contributed by atoms with Gasteiger partial charge in [0.2, 0.25) is 5.95 Å². The summed E-state index contributed by atoms with van der Waals surface area (Å²) in [6, 6.07) is 11.4. The Balaban J connectivity index is 1.86. The van der Waals surface area contributed by atoms with Crippen molar-refractivity contribution in [2.75, 3.05) is 11.1 Å². The van der Waals surface area contributed by atoms with E-state index in [9.17, 15) is 4.79 Å². The van der Waals surface area contributed by atoms with Crippen LogP contribution in [0.1, 0.15) is 32.4 Å². The van der Waals surface area contributed by atoms with Crippen molar-refractivity contribution in [2.45, 2.75) is 33.2 Å². The minimum absolute atomic E-state index is 0.0457. The van der Waals surface area contributed by atoms with E-state index >= 15 is 0 Å². The van der Waals surface area contributed by atoms with Gasteiger partial charge in [0.1, 0.15) is 4.99 Å².